The molecule has 2 unspecified atom stereocenters. The van der Waals surface area contributed by atoms with Gasteiger partial charge in [0.1, 0.15) is 0 Å². The minimum Gasteiger partial charge on any atom is -0.391 e. The van der Waals surface area contributed by atoms with E-state index in [9.17, 15) is 5.11 Å². The van der Waals surface area contributed by atoms with Gasteiger partial charge in [0.25, 0.3) is 0 Å². The van der Waals surface area contributed by atoms with Crippen LogP contribution in [0.25, 0.3) is 0 Å². The summed E-state index contributed by atoms with van der Waals surface area (Å²) >= 11 is 0. The number of aliphatic hydroxyl groups is 1. The van der Waals surface area contributed by atoms with Crippen molar-refractivity contribution in [2.45, 2.75) is 64.0 Å². The number of benzene rings is 1. The number of hydrogen-bond donors (Lipinski definition) is 2. The normalized spacial score (nSPS) is 24.9. The Kier molecular flexibility index (Phi) is 3.96. The molecule has 0 amide bonds. The zero-order valence-corrected chi connectivity index (χ0v) is 11.7. The lowest BCUT2D eigenvalue weighted by Gasteiger charge is -2.32. The Morgan fingerprint density at radius 3 is 2.44 bits per heavy atom. The van der Waals surface area contributed by atoms with Crippen LogP contribution in [0, 0.1) is 0 Å². The van der Waals surface area contributed by atoms with Crippen LogP contribution in [-0.4, -0.2) is 17.3 Å². The van der Waals surface area contributed by atoms with Crippen LogP contribution in [0.1, 0.15) is 52.0 Å². The maximum absolute atomic E-state index is 10.1. The molecule has 18 heavy (non-hydrogen) atoms. The number of para-hydroxylation sites is 1. The molecule has 0 saturated heterocycles. The summed E-state index contributed by atoms with van der Waals surface area (Å²) in [6.45, 7) is 6.68. The molecule has 1 aliphatic carbocycles. The van der Waals surface area contributed by atoms with Crippen molar-refractivity contribution in [1.82, 2.24) is 0 Å². The Balaban J connectivity index is 2.18. The minimum absolute atomic E-state index is 0.128. The lowest BCUT2D eigenvalue weighted by atomic mass is 9.85. The standard InChI is InChI=1S/C16H25NO/c1-16(2,3)12-8-4-5-9-13(12)17-14-10-6-7-11-15(14)18/h4-5,8-9,14-15,17-18H,6-7,10-11H2,1-3H3. The van der Waals surface area contributed by atoms with E-state index in [1.807, 2.05) is 0 Å². The second-order valence-corrected chi connectivity index (χ2v) is 6.40. The van der Waals surface area contributed by atoms with E-state index >= 15 is 0 Å². The largest absolute Gasteiger partial charge is 0.391 e. The van der Waals surface area contributed by atoms with Gasteiger partial charge in [-0.1, -0.05) is 51.8 Å². The Morgan fingerprint density at radius 1 is 1.11 bits per heavy atom. The Bertz CT molecular complexity index is 394. The third-order valence-electron chi connectivity index (χ3n) is 3.81. The zero-order valence-electron chi connectivity index (χ0n) is 11.7. The molecule has 2 atom stereocenters. The molecule has 1 saturated carbocycles. The molecule has 1 aromatic rings. The first kappa shape index (κ1) is 13.4. The highest BCUT2D eigenvalue weighted by atomic mass is 16.3. The second kappa shape index (κ2) is 5.31. The van der Waals surface area contributed by atoms with E-state index in [0.717, 1.165) is 19.3 Å². The van der Waals surface area contributed by atoms with Gasteiger partial charge in [-0.3, -0.25) is 0 Å². The van der Waals surface area contributed by atoms with Crippen molar-refractivity contribution in [2.24, 2.45) is 0 Å². The lowest BCUT2D eigenvalue weighted by Crippen LogP contribution is -2.37. The van der Waals surface area contributed by atoms with Crippen LogP contribution in [0.4, 0.5) is 5.69 Å². The van der Waals surface area contributed by atoms with E-state index < -0.39 is 0 Å². The Hall–Kier alpha value is -1.02. The lowest BCUT2D eigenvalue weighted by molar-refractivity contribution is 0.116. The van der Waals surface area contributed by atoms with Crippen LogP contribution in [0.2, 0.25) is 0 Å². The number of anilines is 1. The van der Waals surface area contributed by atoms with Crippen molar-refractivity contribution >= 4 is 5.69 Å². The molecule has 1 fully saturated rings. The molecule has 0 heterocycles. The summed E-state index contributed by atoms with van der Waals surface area (Å²) in [7, 11) is 0. The van der Waals surface area contributed by atoms with Gasteiger partial charge in [-0.05, 0) is 29.9 Å². The van der Waals surface area contributed by atoms with Crippen molar-refractivity contribution in [2.75, 3.05) is 5.32 Å². The SMILES string of the molecule is CC(C)(C)c1ccccc1NC1CCCCC1O. The molecule has 0 aromatic heterocycles. The Morgan fingerprint density at radius 2 is 1.78 bits per heavy atom. The van der Waals surface area contributed by atoms with Crippen LogP contribution in [0.3, 0.4) is 0 Å². The highest BCUT2D eigenvalue weighted by Crippen LogP contribution is 2.31. The van der Waals surface area contributed by atoms with Crippen molar-refractivity contribution in [3.05, 3.63) is 29.8 Å². The van der Waals surface area contributed by atoms with Gasteiger partial charge < -0.3 is 10.4 Å². The van der Waals surface area contributed by atoms with Crippen molar-refractivity contribution in [3.8, 4) is 0 Å². The second-order valence-electron chi connectivity index (χ2n) is 6.40. The maximum Gasteiger partial charge on any atom is 0.0741 e. The maximum atomic E-state index is 10.1. The average Bonchev–Trinajstić information content (AvgIpc) is 2.31. The summed E-state index contributed by atoms with van der Waals surface area (Å²) in [5.74, 6) is 0. The van der Waals surface area contributed by atoms with Gasteiger partial charge in [-0.2, -0.15) is 0 Å². The molecule has 0 radical (unpaired) electrons. The van der Waals surface area contributed by atoms with E-state index in [1.54, 1.807) is 0 Å². The van der Waals surface area contributed by atoms with Crippen LogP contribution in [0.15, 0.2) is 24.3 Å². The Labute approximate surface area is 110 Å². The first-order valence-corrected chi connectivity index (χ1v) is 7.02. The average molecular weight is 247 g/mol. The fourth-order valence-corrected chi connectivity index (χ4v) is 2.74. The van der Waals surface area contributed by atoms with Gasteiger partial charge in [-0.15, -0.1) is 0 Å². The highest BCUT2D eigenvalue weighted by Gasteiger charge is 2.25. The molecular weight excluding hydrogens is 222 g/mol. The molecule has 2 N–H and O–H groups in total. The summed E-state index contributed by atoms with van der Waals surface area (Å²) in [6, 6.07) is 8.66. The molecule has 2 heteroatoms. The van der Waals surface area contributed by atoms with Crippen molar-refractivity contribution in [3.63, 3.8) is 0 Å². The third-order valence-corrected chi connectivity index (χ3v) is 3.81. The molecule has 2 rings (SSSR count). The zero-order chi connectivity index (χ0) is 13.2. The summed E-state index contributed by atoms with van der Waals surface area (Å²) < 4.78 is 0. The fraction of sp³-hybridized carbons (Fsp3) is 0.625. The topological polar surface area (TPSA) is 32.3 Å². The van der Waals surface area contributed by atoms with Gasteiger partial charge in [0.15, 0.2) is 0 Å². The fourth-order valence-electron chi connectivity index (χ4n) is 2.74. The van der Waals surface area contributed by atoms with E-state index in [0.29, 0.717) is 0 Å². The summed E-state index contributed by atoms with van der Waals surface area (Å²) in [5, 5.41) is 13.6. The monoisotopic (exact) mass is 247 g/mol. The summed E-state index contributed by atoms with van der Waals surface area (Å²) in [4.78, 5) is 0. The first-order chi connectivity index (χ1) is 8.48. The molecule has 1 aromatic carbocycles. The predicted molar refractivity (Wildman–Crippen MR) is 77.0 cm³/mol. The number of rotatable bonds is 2. The van der Waals surface area contributed by atoms with Gasteiger partial charge in [0.05, 0.1) is 12.1 Å². The van der Waals surface area contributed by atoms with E-state index in [1.165, 1.54) is 17.7 Å². The van der Waals surface area contributed by atoms with Gasteiger partial charge in [-0.25, -0.2) is 0 Å². The summed E-state index contributed by atoms with van der Waals surface area (Å²) in [5.41, 5.74) is 2.63. The number of hydrogen-bond acceptors (Lipinski definition) is 2. The van der Waals surface area contributed by atoms with E-state index in [2.05, 4.69) is 50.4 Å². The molecule has 0 spiro atoms. The molecule has 2 nitrogen and oxygen atoms in total. The third kappa shape index (κ3) is 3.05. The number of aliphatic hydroxyl groups excluding tert-OH is 1. The number of nitrogens with one attached hydrogen (secondary N) is 1. The van der Waals surface area contributed by atoms with Crippen molar-refractivity contribution < 1.29 is 5.11 Å². The van der Waals surface area contributed by atoms with Crippen LogP contribution < -0.4 is 5.32 Å². The predicted octanol–water partition coefficient (Wildman–Crippen LogP) is 3.70. The van der Waals surface area contributed by atoms with Crippen LogP contribution in [0.5, 0.6) is 0 Å². The highest BCUT2D eigenvalue weighted by molar-refractivity contribution is 5.54. The van der Waals surface area contributed by atoms with Gasteiger partial charge in [0, 0.05) is 5.69 Å². The van der Waals surface area contributed by atoms with E-state index in [4.69, 9.17) is 0 Å². The summed E-state index contributed by atoms with van der Waals surface area (Å²) in [6.07, 6.45) is 4.16. The smallest absolute Gasteiger partial charge is 0.0741 e. The molecule has 100 valence electrons. The molecule has 0 bridgehead atoms. The van der Waals surface area contributed by atoms with E-state index in [-0.39, 0.29) is 17.6 Å². The van der Waals surface area contributed by atoms with Gasteiger partial charge >= 0.3 is 0 Å². The molecule has 0 aliphatic heterocycles. The van der Waals surface area contributed by atoms with Crippen LogP contribution >= 0.6 is 0 Å². The van der Waals surface area contributed by atoms with Crippen molar-refractivity contribution in [1.29, 1.82) is 0 Å². The van der Waals surface area contributed by atoms with Gasteiger partial charge in [0.2, 0.25) is 0 Å². The minimum atomic E-state index is -0.202. The quantitative estimate of drug-likeness (QED) is 0.835. The molecule has 1 aliphatic rings. The molecular formula is C16H25NO. The first-order valence-electron chi connectivity index (χ1n) is 7.02. The van der Waals surface area contributed by atoms with Crippen LogP contribution in [-0.2, 0) is 5.41 Å².